The molecule has 1 nitrogen and oxygen atoms in total. The second-order valence-corrected chi connectivity index (χ2v) is 11.7. The Morgan fingerprint density at radius 1 is 0.667 bits per heavy atom. The van der Waals surface area contributed by atoms with E-state index < -0.39 is 7.26 Å². The molecule has 0 spiro atoms. The first kappa shape index (κ1) is 18.6. The van der Waals surface area contributed by atoms with Gasteiger partial charge in [0.1, 0.15) is 0 Å². The predicted octanol–water partition coefficient (Wildman–Crippen LogP) is 5.12. The number of rotatable bonds is 12. The standard InChI is InChI=1S/C19H37NP/c1-4-16-21(17-5-2,18-6-3)19-12-8-11-15-20-13-9-7-10-14-20/h7,9-10,13-14,21H,4-6,8,11-12,15-19H2,1-3H3/q+1. The molecule has 0 aliphatic rings. The van der Waals surface area contributed by atoms with Crippen molar-refractivity contribution >= 4 is 7.26 Å². The molecular weight excluding hydrogens is 273 g/mol. The van der Waals surface area contributed by atoms with Crippen LogP contribution in [-0.4, -0.2) is 24.6 Å². The molecule has 0 atom stereocenters. The van der Waals surface area contributed by atoms with E-state index in [0.29, 0.717) is 0 Å². The number of aryl methyl sites for hydroxylation is 1. The molecule has 1 heterocycles. The van der Waals surface area contributed by atoms with Crippen molar-refractivity contribution < 1.29 is 4.57 Å². The zero-order valence-corrected chi connectivity index (χ0v) is 15.6. The third-order valence-corrected chi connectivity index (χ3v) is 10.8. The van der Waals surface area contributed by atoms with Crippen molar-refractivity contribution in [2.75, 3.05) is 24.6 Å². The molecule has 0 saturated carbocycles. The fourth-order valence-electron chi connectivity index (χ4n) is 3.90. The van der Waals surface area contributed by atoms with Gasteiger partial charge >= 0.3 is 133 Å². The Morgan fingerprint density at radius 3 is 1.76 bits per heavy atom. The molecule has 122 valence electrons. The average molecular weight is 310 g/mol. The maximum atomic E-state index is 2.39. The molecule has 1 aromatic heterocycles. The van der Waals surface area contributed by atoms with Crippen molar-refractivity contribution in [1.82, 2.24) is 0 Å². The summed E-state index contributed by atoms with van der Waals surface area (Å²) in [5.74, 6) is 0. The second kappa shape index (κ2) is 11.2. The summed E-state index contributed by atoms with van der Waals surface area (Å²) in [7, 11) is -0.932. The van der Waals surface area contributed by atoms with Crippen molar-refractivity contribution in [2.45, 2.75) is 65.8 Å². The fourth-order valence-corrected chi connectivity index (χ4v) is 9.58. The van der Waals surface area contributed by atoms with Gasteiger partial charge in [0, 0.05) is 0 Å². The van der Waals surface area contributed by atoms with Crippen LogP contribution in [0.15, 0.2) is 30.6 Å². The van der Waals surface area contributed by atoms with Gasteiger partial charge in [0.25, 0.3) is 0 Å². The number of hydrogen-bond donors (Lipinski definition) is 0. The molecule has 0 N–H and O–H groups in total. The van der Waals surface area contributed by atoms with Crippen molar-refractivity contribution in [3.05, 3.63) is 30.6 Å². The van der Waals surface area contributed by atoms with E-state index in [2.05, 4.69) is 55.9 Å². The first-order valence-corrected chi connectivity index (χ1v) is 12.0. The number of aromatic nitrogens is 1. The first-order chi connectivity index (χ1) is 10.3. The Hall–Kier alpha value is -0.420. The molecule has 2 heteroatoms. The van der Waals surface area contributed by atoms with E-state index in [4.69, 9.17) is 0 Å². The van der Waals surface area contributed by atoms with Gasteiger partial charge in [-0.15, -0.1) is 0 Å². The van der Waals surface area contributed by atoms with Crippen LogP contribution < -0.4 is 4.57 Å². The molecule has 0 radical (unpaired) electrons. The molecule has 1 rings (SSSR count). The van der Waals surface area contributed by atoms with Gasteiger partial charge < -0.3 is 0 Å². The molecular formula is C19H37NP+. The molecule has 0 aliphatic carbocycles. The van der Waals surface area contributed by atoms with E-state index >= 15 is 0 Å². The quantitative estimate of drug-likeness (QED) is 0.286. The van der Waals surface area contributed by atoms with Gasteiger partial charge in [0.05, 0.1) is 0 Å². The summed E-state index contributed by atoms with van der Waals surface area (Å²) in [4.78, 5) is 0. The molecule has 0 fully saturated rings. The Bertz CT molecular complexity index is 333. The molecule has 21 heavy (non-hydrogen) atoms. The van der Waals surface area contributed by atoms with Crippen LogP contribution in [0.5, 0.6) is 0 Å². The van der Waals surface area contributed by atoms with E-state index in [9.17, 15) is 0 Å². The predicted molar refractivity (Wildman–Crippen MR) is 99.1 cm³/mol. The third-order valence-electron chi connectivity index (χ3n) is 4.74. The van der Waals surface area contributed by atoms with Gasteiger partial charge in [-0.25, -0.2) is 0 Å². The maximum absolute atomic E-state index is 2.39. The summed E-state index contributed by atoms with van der Waals surface area (Å²) in [5.41, 5.74) is 0. The van der Waals surface area contributed by atoms with Gasteiger partial charge in [-0.3, -0.25) is 0 Å². The Morgan fingerprint density at radius 2 is 1.24 bits per heavy atom. The van der Waals surface area contributed by atoms with Crippen LogP contribution in [0.2, 0.25) is 0 Å². The summed E-state index contributed by atoms with van der Waals surface area (Å²) in [6.45, 7) is 8.35. The van der Waals surface area contributed by atoms with Crippen molar-refractivity contribution in [3.63, 3.8) is 0 Å². The van der Waals surface area contributed by atoms with Crippen LogP contribution in [0.1, 0.15) is 59.3 Å². The minimum atomic E-state index is -0.932. The zero-order chi connectivity index (χ0) is 15.4. The van der Waals surface area contributed by atoms with Gasteiger partial charge in [0.2, 0.25) is 0 Å². The molecule has 0 aliphatic heterocycles. The Kier molecular flexibility index (Phi) is 9.92. The molecule has 0 unspecified atom stereocenters. The average Bonchev–Trinajstić information content (AvgIpc) is 2.49. The number of nitrogens with zero attached hydrogens (tertiary/aromatic N) is 1. The normalized spacial score (nSPS) is 12.5. The molecule has 0 aromatic carbocycles. The van der Waals surface area contributed by atoms with Gasteiger partial charge in [-0.05, 0) is 0 Å². The number of pyridine rings is 1. The zero-order valence-electron chi connectivity index (χ0n) is 14.6. The van der Waals surface area contributed by atoms with Gasteiger partial charge in [-0.2, -0.15) is 0 Å². The van der Waals surface area contributed by atoms with E-state index in [0.717, 1.165) is 0 Å². The van der Waals surface area contributed by atoms with Crippen LogP contribution in [-0.2, 0) is 6.54 Å². The summed E-state index contributed by atoms with van der Waals surface area (Å²) >= 11 is 0. The monoisotopic (exact) mass is 310 g/mol. The van der Waals surface area contributed by atoms with Gasteiger partial charge in [0.15, 0.2) is 0 Å². The topological polar surface area (TPSA) is 3.88 Å². The third kappa shape index (κ3) is 7.41. The molecule has 1 aromatic rings. The molecule has 0 bridgehead atoms. The van der Waals surface area contributed by atoms with Crippen LogP contribution in [0.4, 0.5) is 0 Å². The van der Waals surface area contributed by atoms with Gasteiger partial charge in [-0.1, -0.05) is 0 Å². The van der Waals surface area contributed by atoms with Crippen LogP contribution in [0.25, 0.3) is 0 Å². The van der Waals surface area contributed by atoms with E-state index in [1.54, 1.807) is 24.6 Å². The molecule has 0 saturated heterocycles. The first-order valence-electron chi connectivity index (χ1n) is 9.20. The van der Waals surface area contributed by atoms with Crippen LogP contribution in [0, 0.1) is 0 Å². The van der Waals surface area contributed by atoms with Crippen LogP contribution >= 0.6 is 7.26 Å². The Labute approximate surface area is 133 Å². The van der Waals surface area contributed by atoms with E-state index in [1.807, 2.05) is 0 Å². The summed E-state index contributed by atoms with van der Waals surface area (Å²) < 4.78 is 2.31. The number of hydrogen-bond acceptors (Lipinski definition) is 0. The van der Waals surface area contributed by atoms with Crippen molar-refractivity contribution in [1.29, 1.82) is 0 Å². The SMILES string of the molecule is CCC[PH](CCC)(CCC)CCCCC[n+]1ccccc1. The second-order valence-electron chi connectivity index (χ2n) is 6.67. The Balaban J connectivity index is 2.31. The summed E-state index contributed by atoms with van der Waals surface area (Å²) in [6, 6.07) is 6.35. The van der Waals surface area contributed by atoms with Crippen molar-refractivity contribution in [2.24, 2.45) is 0 Å². The molecule has 0 amide bonds. The van der Waals surface area contributed by atoms with Crippen LogP contribution in [0.3, 0.4) is 0 Å². The number of unbranched alkanes of at least 4 members (excludes halogenated alkanes) is 2. The fraction of sp³-hybridized carbons (Fsp3) is 0.737. The van der Waals surface area contributed by atoms with E-state index in [-0.39, 0.29) is 0 Å². The summed E-state index contributed by atoms with van der Waals surface area (Å²) in [5, 5.41) is 0. The van der Waals surface area contributed by atoms with E-state index in [1.165, 1.54) is 45.1 Å². The minimum absolute atomic E-state index is 0.932. The summed E-state index contributed by atoms with van der Waals surface area (Å²) in [6.07, 6.45) is 19.1. The van der Waals surface area contributed by atoms with Crippen molar-refractivity contribution in [3.8, 4) is 0 Å².